The standard InChI is InChI=1S/C11H15BrN2O2/c1-7-2-3-9(5-10(7)12)14-6-8(13)4-11(15)16/h2-3,5,8,14H,4,6,13H2,1H3,(H,15,16). The van der Waals surface area contributed by atoms with Crippen LogP contribution in [0.3, 0.4) is 0 Å². The number of carboxylic acids is 1. The van der Waals surface area contributed by atoms with E-state index in [0.717, 1.165) is 15.7 Å². The number of anilines is 1. The summed E-state index contributed by atoms with van der Waals surface area (Å²) in [5.41, 5.74) is 7.72. The molecule has 16 heavy (non-hydrogen) atoms. The summed E-state index contributed by atoms with van der Waals surface area (Å²) >= 11 is 3.43. The molecule has 0 saturated heterocycles. The third-order valence-electron chi connectivity index (χ3n) is 2.18. The zero-order valence-corrected chi connectivity index (χ0v) is 10.6. The lowest BCUT2D eigenvalue weighted by atomic mass is 10.2. The molecule has 4 nitrogen and oxygen atoms in total. The number of aryl methyl sites for hydroxylation is 1. The number of nitrogens with one attached hydrogen (secondary N) is 1. The molecule has 0 amide bonds. The van der Waals surface area contributed by atoms with Crippen molar-refractivity contribution in [1.29, 1.82) is 0 Å². The lowest BCUT2D eigenvalue weighted by molar-refractivity contribution is -0.137. The van der Waals surface area contributed by atoms with Crippen LogP contribution in [0, 0.1) is 6.92 Å². The van der Waals surface area contributed by atoms with Gasteiger partial charge in [-0.15, -0.1) is 0 Å². The molecule has 0 radical (unpaired) electrons. The van der Waals surface area contributed by atoms with E-state index in [1.54, 1.807) is 0 Å². The Kier molecular flexibility index (Phi) is 4.76. The monoisotopic (exact) mass is 286 g/mol. The molecule has 4 N–H and O–H groups in total. The van der Waals surface area contributed by atoms with Crippen molar-refractivity contribution >= 4 is 27.6 Å². The number of hydrogen-bond donors (Lipinski definition) is 3. The predicted molar refractivity (Wildman–Crippen MR) is 67.6 cm³/mol. The largest absolute Gasteiger partial charge is 0.481 e. The fourth-order valence-electron chi connectivity index (χ4n) is 1.25. The van der Waals surface area contributed by atoms with Gasteiger partial charge in [0.25, 0.3) is 0 Å². The first-order chi connectivity index (χ1) is 7.49. The number of carbonyl (C=O) groups is 1. The first-order valence-electron chi connectivity index (χ1n) is 4.96. The van der Waals surface area contributed by atoms with Gasteiger partial charge in [-0.25, -0.2) is 0 Å². The third kappa shape index (κ3) is 4.20. The maximum absolute atomic E-state index is 10.4. The number of halogens is 1. The lowest BCUT2D eigenvalue weighted by Gasteiger charge is -2.12. The van der Waals surface area contributed by atoms with Crippen LogP contribution in [0.4, 0.5) is 5.69 Å². The van der Waals surface area contributed by atoms with E-state index >= 15 is 0 Å². The van der Waals surface area contributed by atoms with Crippen LogP contribution in [0.2, 0.25) is 0 Å². The number of rotatable bonds is 5. The molecule has 0 bridgehead atoms. The van der Waals surface area contributed by atoms with Crippen LogP contribution in [0.25, 0.3) is 0 Å². The molecule has 5 heteroatoms. The van der Waals surface area contributed by atoms with E-state index in [0.29, 0.717) is 6.54 Å². The van der Waals surface area contributed by atoms with E-state index in [1.807, 2.05) is 25.1 Å². The van der Waals surface area contributed by atoms with E-state index < -0.39 is 5.97 Å². The van der Waals surface area contributed by atoms with E-state index in [9.17, 15) is 4.79 Å². The SMILES string of the molecule is Cc1ccc(NCC(N)CC(=O)O)cc1Br. The maximum atomic E-state index is 10.4. The van der Waals surface area contributed by atoms with E-state index in [4.69, 9.17) is 10.8 Å². The molecule has 0 aliphatic carbocycles. The summed E-state index contributed by atoms with van der Waals surface area (Å²) in [4.78, 5) is 10.4. The van der Waals surface area contributed by atoms with E-state index in [-0.39, 0.29) is 12.5 Å². The van der Waals surface area contributed by atoms with Crippen molar-refractivity contribution in [3.63, 3.8) is 0 Å². The van der Waals surface area contributed by atoms with E-state index in [1.165, 1.54) is 0 Å². The fraction of sp³-hybridized carbons (Fsp3) is 0.364. The molecule has 0 aromatic heterocycles. The number of carboxylic acid groups (broad SMARTS) is 1. The second-order valence-corrected chi connectivity index (χ2v) is 4.56. The molecule has 0 fully saturated rings. The normalized spacial score (nSPS) is 12.2. The third-order valence-corrected chi connectivity index (χ3v) is 3.03. The van der Waals surface area contributed by atoms with E-state index in [2.05, 4.69) is 21.2 Å². The number of hydrogen-bond acceptors (Lipinski definition) is 3. The van der Waals surface area contributed by atoms with Gasteiger partial charge in [0, 0.05) is 22.7 Å². The van der Waals surface area contributed by atoms with Crippen molar-refractivity contribution in [2.24, 2.45) is 5.73 Å². The van der Waals surface area contributed by atoms with Crippen molar-refractivity contribution in [3.8, 4) is 0 Å². The number of benzene rings is 1. The molecule has 1 unspecified atom stereocenters. The summed E-state index contributed by atoms with van der Waals surface area (Å²) in [6, 6.07) is 5.49. The molecular weight excluding hydrogens is 272 g/mol. The average molecular weight is 287 g/mol. The molecule has 1 rings (SSSR count). The van der Waals surface area contributed by atoms with Gasteiger partial charge in [0.05, 0.1) is 6.42 Å². The van der Waals surface area contributed by atoms with Crippen LogP contribution < -0.4 is 11.1 Å². The molecular formula is C11H15BrN2O2. The Balaban J connectivity index is 2.48. The molecule has 88 valence electrons. The van der Waals surface area contributed by atoms with Crippen molar-refractivity contribution in [1.82, 2.24) is 0 Å². The molecule has 0 aliphatic rings. The maximum Gasteiger partial charge on any atom is 0.304 e. The Morgan fingerprint density at radius 2 is 2.31 bits per heavy atom. The quantitative estimate of drug-likeness (QED) is 0.774. The molecule has 1 atom stereocenters. The Hall–Kier alpha value is -1.07. The highest BCUT2D eigenvalue weighted by atomic mass is 79.9. The summed E-state index contributed by atoms with van der Waals surface area (Å²) in [5.74, 6) is -0.876. The van der Waals surface area contributed by atoms with Crippen LogP contribution in [-0.4, -0.2) is 23.7 Å². The van der Waals surface area contributed by atoms with Gasteiger partial charge in [-0.2, -0.15) is 0 Å². The minimum Gasteiger partial charge on any atom is -0.481 e. The smallest absolute Gasteiger partial charge is 0.304 e. The molecule has 0 saturated carbocycles. The van der Waals surface area contributed by atoms with Gasteiger partial charge in [-0.05, 0) is 24.6 Å². The van der Waals surface area contributed by atoms with Gasteiger partial charge in [0.15, 0.2) is 0 Å². The minimum atomic E-state index is -0.876. The Bertz CT molecular complexity index is 382. The first-order valence-corrected chi connectivity index (χ1v) is 5.75. The predicted octanol–water partition coefficient (Wildman–Crippen LogP) is 1.97. The second-order valence-electron chi connectivity index (χ2n) is 3.70. The molecule has 0 spiro atoms. The minimum absolute atomic E-state index is 0.0277. The van der Waals surface area contributed by atoms with Gasteiger partial charge in [0.1, 0.15) is 0 Å². The summed E-state index contributed by atoms with van der Waals surface area (Å²) in [7, 11) is 0. The molecule has 0 heterocycles. The van der Waals surface area contributed by atoms with Crippen molar-refractivity contribution in [3.05, 3.63) is 28.2 Å². The van der Waals surface area contributed by atoms with Crippen LogP contribution in [0.1, 0.15) is 12.0 Å². The molecule has 0 aliphatic heterocycles. The van der Waals surface area contributed by atoms with Crippen molar-refractivity contribution in [2.45, 2.75) is 19.4 Å². The first kappa shape index (κ1) is 13.0. The zero-order valence-electron chi connectivity index (χ0n) is 9.03. The van der Waals surface area contributed by atoms with Crippen molar-refractivity contribution < 1.29 is 9.90 Å². The summed E-state index contributed by atoms with van der Waals surface area (Å²) in [6.45, 7) is 2.45. The molecule has 1 aromatic carbocycles. The van der Waals surface area contributed by atoms with Crippen LogP contribution in [-0.2, 0) is 4.79 Å². The van der Waals surface area contributed by atoms with Crippen molar-refractivity contribution in [2.75, 3.05) is 11.9 Å². The van der Waals surface area contributed by atoms with Gasteiger partial charge < -0.3 is 16.2 Å². The van der Waals surface area contributed by atoms with Gasteiger partial charge in [0.2, 0.25) is 0 Å². The highest BCUT2D eigenvalue weighted by Crippen LogP contribution is 2.20. The zero-order chi connectivity index (χ0) is 12.1. The van der Waals surface area contributed by atoms with Gasteiger partial charge in [-0.3, -0.25) is 4.79 Å². The highest BCUT2D eigenvalue weighted by Gasteiger charge is 2.07. The average Bonchev–Trinajstić information content (AvgIpc) is 2.19. The highest BCUT2D eigenvalue weighted by molar-refractivity contribution is 9.10. The van der Waals surface area contributed by atoms with Crippen LogP contribution in [0.5, 0.6) is 0 Å². The van der Waals surface area contributed by atoms with Crippen LogP contribution >= 0.6 is 15.9 Å². The number of nitrogens with two attached hydrogens (primary N) is 1. The van der Waals surface area contributed by atoms with Gasteiger partial charge >= 0.3 is 5.97 Å². The summed E-state index contributed by atoms with van der Waals surface area (Å²) in [5, 5.41) is 11.6. The lowest BCUT2D eigenvalue weighted by Crippen LogP contribution is -2.31. The fourth-order valence-corrected chi connectivity index (χ4v) is 1.63. The number of aliphatic carboxylic acids is 1. The summed E-state index contributed by atoms with van der Waals surface area (Å²) in [6.07, 6.45) is -0.0277. The molecule has 1 aromatic rings. The Labute approximate surface area is 103 Å². The Morgan fingerprint density at radius 1 is 1.62 bits per heavy atom. The summed E-state index contributed by atoms with van der Waals surface area (Å²) < 4.78 is 1.02. The topological polar surface area (TPSA) is 75.3 Å². The van der Waals surface area contributed by atoms with Crippen LogP contribution in [0.15, 0.2) is 22.7 Å². The second kappa shape index (κ2) is 5.86. The van der Waals surface area contributed by atoms with Gasteiger partial charge in [-0.1, -0.05) is 22.0 Å². The Morgan fingerprint density at radius 3 is 2.88 bits per heavy atom.